The highest BCUT2D eigenvalue weighted by Crippen LogP contribution is 2.71. The van der Waals surface area contributed by atoms with Gasteiger partial charge in [-0.05, 0) is 216 Å². The molecule has 0 amide bonds. The maximum Gasteiger partial charge on any atom is 0.496 e. The van der Waals surface area contributed by atoms with Crippen molar-refractivity contribution in [1.82, 2.24) is 0 Å². The van der Waals surface area contributed by atoms with Crippen molar-refractivity contribution in [2.75, 3.05) is 85.3 Å². The topological polar surface area (TPSA) is 151 Å². The molecule has 12 bridgehead atoms. The van der Waals surface area contributed by atoms with Crippen LogP contribution in [0.4, 0.5) is 52.7 Å². The summed E-state index contributed by atoms with van der Waals surface area (Å²) in [4.78, 5) is 0. The number of hydrogen-bond donors (Lipinski definition) is 2. The summed E-state index contributed by atoms with van der Waals surface area (Å²) < 4.78 is 212. The third-order valence-corrected chi connectivity index (χ3v) is 33.4. The molecule has 14 nitrogen and oxygen atoms in total. The number of fused-ring (bicyclic) bond motifs is 22. The third-order valence-electron chi connectivity index (χ3n) is 24.5. The van der Waals surface area contributed by atoms with E-state index in [9.17, 15) is 57.8 Å². The normalized spacial score (nSPS) is 31.6. The molecule has 30 heteroatoms. The first-order chi connectivity index (χ1) is 42.7. The molecule has 12 saturated carbocycles. The molecule has 12 aliphatic rings. The lowest BCUT2D eigenvalue weighted by Crippen LogP contribution is -2.58. The highest BCUT2D eigenvalue weighted by atomic mass is 28.4. The molecule has 12 aliphatic carbocycles. The van der Waals surface area contributed by atoms with Gasteiger partial charge in [0.2, 0.25) is 0 Å². The maximum absolute atomic E-state index is 12.9. The Labute approximate surface area is 603 Å². The Bertz CT molecular complexity index is 2000. The molecule has 0 aromatic carbocycles. The van der Waals surface area contributed by atoms with Gasteiger partial charge in [0.25, 0.3) is 11.2 Å². The smallest absolute Gasteiger partial charge is 0.377 e. The van der Waals surface area contributed by atoms with Gasteiger partial charge in [-0.1, -0.05) is 91.5 Å². The van der Waals surface area contributed by atoms with Crippen molar-refractivity contribution < 1.29 is 116 Å². The largest absolute Gasteiger partial charge is 0.496 e. The summed E-state index contributed by atoms with van der Waals surface area (Å²) in [7, 11) is 10.3. The molecule has 12 rings (SSSR count). The van der Waals surface area contributed by atoms with Crippen LogP contribution in [-0.2, 0) is 53.1 Å². The van der Waals surface area contributed by atoms with E-state index in [1.807, 2.05) is 26.2 Å². The second kappa shape index (κ2) is 43.0. The Hall–Kier alpha value is -0.532. The summed E-state index contributed by atoms with van der Waals surface area (Å²) >= 11 is 0. The van der Waals surface area contributed by atoms with Gasteiger partial charge in [-0.15, -0.1) is 0 Å². The molecule has 0 spiro atoms. The van der Waals surface area contributed by atoms with Crippen LogP contribution in [0.2, 0.25) is 26.2 Å². The van der Waals surface area contributed by atoms with Crippen molar-refractivity contribution in [3.8, 4) is 0 Å². The average Bonchev–Trinajstić information content (AvgIpc) is 1.51. The second-order valence-electron chi connectivity index (χ2n) is 28.5. The second-order valence-corrected chi connectivity index (χ2v) is 40.3. The van der Waals surface area contributed by atoms with Crippen LogP contribution in [0.5, 0.6) is 0 Å². The summed E-state index contributed by atoms with van der Waals surface area (Å²) in [6.45, 7) is 7.31. The Morgan fingerprint density at radius 2 is 0.490 bits per heavy atom. The number of hydrogen-bond acceptors (Lipinski definition) is 14. The molecule has 14 atom stereocenters. The van der Waals surface area contributed by atoms with Crippen LogP contribution in [0.15, 0.2) is 0 Å². The lowest BCUT2D eigenvalue weighted by Gasteiger charge is -2.42. The molecule has 0 heterocycles. The zero-order valence-electron chi connectivity index (χ0n) is 57.3. The van der Waals surface area contributed by atoms with Crippen molar-refractivity contribution in [2.45, 2.75) is 263 Å². The van der Waals surface area contributed by atoms with Gasteiger partial charge in [-0.25, -0.2) is 0 Å². The summed E-state index contributed by atoms with van der Waals surface area (Å²) in [6.07, 6.45) is -0.455. The summed E-state index contributed by atoms with van der Waals surface area (Å²) in [5.74, 6) is 10.6. The van der Waals surface area contributed by atoms with Gasteiger partial charge in [-0.2, -0.15) is 52.7 Å². The van der Waals surface area contributed by atoms with Crippen LogP contribution in [0.25, 0.3) is 0 Å². The summed E-state index contributed by atoms with van der Waals surface area (Å²) in [6, 6.07) is 0. The van der Waals surface area contributed by atoms with Crippen LogP contribution in [0.1, 0.15) is 201 Å². The highest BCUT2D eigenvalue weighted by Gasteiger charge is 2.74. The third kappa shape index (κ3) is 24.7. The monoisotopic (exact) mass is 1550 g/mol. The van der Waals surface area contributed by atoms with Crippen molar-refractivity contribution >= 4 is 35.2 Å². The predicted molar refractivity (Wildman–Crippen MR) is 383 cm³/mol. The molecule has 12 fully saturated rings. The minimum absolute atomic E-state index is 0. The van der Waals surface area contributed by atoms with E-state index in [1.54, 1.807) is 156 Å². The number of aliphatic hydroxyl groups is 2. The molecule has 2 N–H and O–H groups in total. The minimum atomic E-state index is -5.68. The van der Waals surface area contributed by atoms with Crippen molar-refractivity contribution in [3.63, 3.8) is 0 Å². The van der Waals surface area contributed by atoms with E-state index in [4.69, 9.17) is 58.2 Å². The molecule has 0 radical (unpaired) electrons. The standard InChI is InChI=1S/C16H20F6O.C12H18.C11H14F6O.C7H12.4C4H12O3Si.8CH4/c17-15(18,19)14(23,16(20,21)22)6-10-4-9-5-11(10)13-8-2-1-7(3-8)12(9)13;1-2-8-5-7(1)11-9-3-4-10(6-9)12(8)11;12-10(13,14)9(18,11(15,16)17)5-8-4-6-1-2-7(8)3-6;1-2-7-4-3-6(1)5-7;4*1-5-8(4,6-2)7-3;;;;;;;;/h7-13,23H,1-6H2;7-12H,1-6H2;6-8,18H,1-5H2;6-7H,1-5H2;4*1-4H3;8*1H4. The van der Waals surface area contributed by atoms with Gasteiger partial charge < -0.3 is 63.3 Å². The molecular formula is C70H144F12O14Si4. The molecule has 0 aromatic heterocycles. The van der Waals surface area contributed by atoms with E-state index in [-0.39, 0.29) is 83.1 Å². The quantitative estimate of drug-likeness (QED) is 0.0857. The summed E-state index contributed by atoms with van der Waals surface area (Å²) in [5, 5.41) is 18.6. The fourth-order valence-electron chi connectivity index (χ4n) is 18.8. The molecule has 0 aromatic rings. The van der Waals surface area contributed by atoms with E-state index in [2.05, 4.69) is 0 Å². The van der Waals surface area contributed by atoms with E-state index in [0.29, 0.717) is 49.4 Å². The van der Waals surface area contributed by atoms with Gasteiger partial charge in [0.15, 0.2) is 0 Å². The van der Waals surface area contributed by atoms with Gasteiger partial charge in [0, 0.05) is 112 Å². The molecule has 0 aliphatic heterocycles. The Kier molecular flexibility index (Phi) is 45.5. The maximum atomic E-state index is 12.9. The molecule has 0 saturated heterocycles. The van der Waals surface area contributed by atoms with Gasteiger partial charge >= 0.3 is 59.9 Å². The molecule has 14 unspecified atom stereocenters. The first-order valence-corrected chi connectivity index (χ1v) is 41.9. The van der Waals surface area contributed by atoms with Crippen molar-refractivity contribution in [1.29, 1.82) is 0 Å². The SMILES string of the molecule is C.C.C.C.C.C.C.C.C1CC2CC1C1C3CCC(C3)C21.C1CC2CCC1C2.CO[Si](C)(OC)OC.CO[Si](C)(OC)OC.CO[Si](C)(OC)OC.CO[Si](C)(OC)OC.OC(CC1CC2CC1C1C3CCC(C3)C21)(C(F)(F)F)C(F)(F)F.OC(CC1CC2CCC1C2)(C(F)(F)F)C(F)(F)F. The van der Waals surface area contributed by atoms with Crippen molar-refractivity contribution in [3.05, 3.63) is 0 Å². The average molecular weight is 1550 g/mol. The number of alkyl halides is 12. The predicted octanol–water partition coefficient (Wildman–Crippen LogP) is 20.6. The van der Waals surface area contributed by atoms with Gasteiger partial charge in [0.1, 0.15) is 0 Å². The molecular weight excluding hydrogens is 1410 g/mol. The van der Waals surface area contributed by atoms with Crippen LogP contribution in [0.3, 0.4) is 0 Å². The van der Waals surface area contributed by atoms with Crippen LogP contribution in [0, 0.1) is 107 Å². The van der Waals surface area contributed by atoms with Crippen LogP contribution < -0.4 is 0 Å². The number of halogens is 12. The lowest BCUT2D eigenvalue weighted by molar-refractivity contribution is -0.374. The lowest BCUT2D eigenvalue weighted by atomic mass is 9.65. The zero-order valence-corrected chi connectivity index (χ0v) is 61.3. The Balaban J connectivity index is -0.000000542. The van der Waals surface area contributed by atoms with Crippen molar-refractivity contribution in [2.24, 2.45) is 107 Å². The number of rotatable bonds is 16. The van der Waals surface area contributed by atoms with Crippen LogP contribution in [-0.4, -0.2) is 167 Å². The zero-order chi connectivity index (χ0) is 69.4. The van der Waals surface area contributed by atoms with E-state index in [0.717, 1.165) is 25.7 Å². The first-order valence-electron chi connectivity index (χ1n) is 33.0. The van der Waals surface area contributed by atoms with Crippen LogP contribution >= 0.6 is 0 Å². The fourth-order valence-corrected chi connectivity index (χ4v) is 20.8. The first kappa shape index (κ1) is 106. The summed E-state index contributed by atoms with van der Waals surface area (Å²) in [5.41, 5.74) is -9.13. The van der Waals surface area contributed by atoms with Gasteiger partial charge in [0.05, 0.1) is 0 Å². The Morgan fingerprint density at radius 1 is 0.260 bits per heavy atom. The van der Waals surface area contributed by atoms with Gasteiger partial charge in [-0.3, -0.25) is 0 Å². The van der Waals surface area contributed by atoms with E-state index >= 15 is 0 Å². The Morgan fingerprint density at radius 3 is 0.690 bits per heavy atom. The molecule has 608 valence electrons. The minimum Gasteiger partial charge on any atom is -0.377 e. The fraction of sp³-hybridized carbons (Fsp3) is 1.00. The van der Waals surface area contributed by atoms with E-state index < -0.39 is 95.8 Å². The molecule has 100 heavy (non-hydrogen) atoms. The van der Waals surface area contributed by atoms with E-state index in [1.165, 1.54) is 53.8 Å². The highest BCUT2D eigenvalue weighted by molar-refractivity contribution is 6.60.